The maximum atomic E-state index is 13.8. The predicted molar refractivity (Wildman–Crippen MR) is 143 cm³/mol. The number of rotatable bonds is 6. The van der Waals surface area contributed by atoms with Crippen LogP contribution in [0.5, 0.6) is 11.5 Å². The summed E-state index contributed by atoms with van der Waals surface area (Å²) in [4.78, 5) is 15.8. The summed E-state index contributed by atoms with van der Waals surface area (Å²) in [7, 11) is 5.39. The molecule has 1 amide bonds. The highest BCUT2D eigenvalue weighted by Gasteiger charge is 2.41. The number of fused-ring (bicyclic) bond motifs is 2. The van der Waals surface area contributed by atoms with E-state index in [2.05, 4.69) is 29.8 Å². The van der Waals surface area contributed by atoms with Gasteiger partial charge in [0, 0.05) is 34.6 Å². The van der Waals surface area contributed by atoms with E-state index in [0.717, 1.165) is 56.3 Å². The van der Waals surface area contributed by atoms with E-state index in [0.29, 0.717) is 12.1 Å². The number of furan rings is 1. The first-order valence-electron chi connectivity index (χ1n) is 12.3. The van der Waals surface area contributed by atoms with Crippen molar-refractivity contribution in [3.8, 4) is 22.8 Å². The van der Waals surface area contributed by atoms with Crippen LogP contribution in [0.1, 0.15) is 39.0 Å². The molecule has 0 spiro atoms. The van der Waals surface area contributed by atoms with Crippen LogP contribution in [-0.2, 0) is 13.6 Å². The number of para-hydroxylation sites is 1. The van der Waals surface area contributed by atoms with Gasteiger partial charge in [0.15, 0.2) is 0 Å². The lowest BCUT2D eigenvalue weighted by molar-refractivity contribution is 0.0723. The molecule has 1 atom stereocenters. The largest absolute Gasteiger partial charge is 0.497 e. The number of carbonyl (C=O) groups excluding carboxylic acids is 1. The topological polar surface area (TPSA) is 56.8 Å². The minimum atomic E-state index is -0.314. The fraction of sp³-hybridized carbons (Fsp3) is 0.194. The standard InChI is InChI=1S/C31H28N2O4/c1-19-13-14-21(37-19)18-33-30(22-9-5-6-10-23(22)31(33)34)28-24-11-7-8-12-26(24)32(2)29(28)25-17-20(35-3)15-16-27(25)36-4/h5-17,30H,18H2,1-4H3. The number of carbonyl (C=O) groups is 1. The Morgan fingerprint density at radius 2 is 1.68 bits per heavy atom. The summed E-state index contributed by atoms with van der Waals surface area (Å²) in [5.41, 5.74) is 5.70. The molecule has 3 aromatic carbocycles. The third-order valence-corrected chi connectivity index (χ3v) is 7.26. The number of ether oxygens (including phenoxy) is 2. The maximum Gasteiger partial charge on any atom is 0.255 e. The Labute approximate surface area is 215 Å². The van der Waals surface area contributed by atoms with Gasteiger partial charge in [-0.3, -0.25) is 4.79 Å². The molecular formula is C31H28N2O4. The molecule has 6 heteroatoms. The minimum absolute atomic E-state index is 0.00820. The summed E-state index contributed by atoms with van der Waals surface area (Å²) in [6.07, 6.45) is 0. The molecule has 1 aliphatic heterocycles. The number of nitrogens with zero attached hydrogens (tertiary/aromatic N) is 2. The van der Waals surface area contributed by atoms with E-state index < -0.39 is 0 Å². The highest BCUT2D eigenvalue weighted by atomic mass is 16.5. The molecular weight excluding hydrogens is 464 g/mol. The Morgan fingerprint density at radius 3 is 2.43 bits per heavy atom. The van der Waals surface area contributed by atoms with Crippen LogP contribution in [0.3, 0.4) is 0 Å². The third kappa shape index (κ3) is 3.59. The van der Waals surface area contributed by atoms with Crippen molar-refractivity contribution < 1.29 is 18.7 Å². The predicted octanol–water partition coefficient (Wildman–Crippen LogP) is 6.51. The molecule has 1 aliphatic rings. The van der Waals surface area contributed by atoms with Crippen molar-refractivity contribution in [3.63, 3.8) is 0 Å². The van der Waals surface area contributed by atoms with Gasteiger partial charge < -0.3 is 23.4 Å². The third-order valence-electron chi connectivity index (χ3n) is 7.26. The van der Waals surface area contributed by atoms with Crippen molar-refractivity contribution in [3.05, 3.63) is 107 Å². The van der Waals surface area contributed by atoms with Gasteiger partial charge in [-0.2, -0.15) is 0 Å². The van der Waals surface area contributed by atoms with Crippen LogP contribution in [0, 0.1) is 6.92 Å². The Hall–Kier alpha value is -4.45. The van der Waals surface area contributed by atoms with Gasteiger partial charge in [-0.15, -0.1) is 0 Å². The van der Waals surface area contributed by atoms with Crippen molar-refractivity contribution in [1.82, 2.24) is 9.47 Å². The molecule has 6 nitrogen and oxygen atoms in total. The lowest BCUT2D eigenvalue weighted by atomic mass is 9.92. The molecule has 0 radical (unpaired) electrons. The van der Waals surface area contributed by atoms with Gasteiger partial charge in [-0.1, -0.05) is 36.4 Å². The van der Waals surface area contributed by atoms with Crippen LogP contribution in [0.15, 0.2) is 83.3 Å². The van der Waals surface area contributed by atoms with Crippen LogP contribution >= 0.6 is 0 Å². The molecule has 0 bridgehead atoms. The zero-order valence-corrected chi connectivity index (χ0v) is 21.3. The molecule has 0 saturated heterocycles. The highest BCUT2D eigenvalue weighted by Crippen LogP contribution is 2.49. The molecule has 2 aromatic heterocycles. The summed E-state index contributed by atoms with van der Waals surface area (Å²) in [5, 5.41) is 1.08. The van der Waals surface area contributed by atoms with Crippen LogP contribution in [-0.4, -0.2) is 29.6 Å². The van der Waals surface area contributed by atoms with E-state index >= 15 is 0 Å². The summed E-state index contributed by atoms with van der Waals surface area (Å²) in [5.74, 6) is 3.04. The molecule has 37 heavy (non-hydrogen) atoms. The first kappa shape index (κ1) is 23.0. The van der Waals surface area contributed by atoms with Gasteiger partial charge in [-0.25, -0.2) is 0 Å². The number of benzene rings is 3. The minimum Gasteiger partial charge on any atom is -0.497 e. The number of amides is 1. The van der Waals surface area contributed by atoms with Crippen molar-refractivity contribution in [2.24, 2.45) is 7.05 Å². The van der Waals surface area contributed by atoms with Crippen molar-refractivity contribution >= 4 is 16.8 Å². The Bertz CT molecular complexity index is 1640. The van der Waals surface area contributed by atoms with Gasteiger partial charge >= 0.3 is 0 Å². The summed E-state index contributed by atoms with van der Waals surface area (Å²) in [6, 6.07) is 25.6. The zero-order valence-electron chi connectivity index (χ0n) is 21.3. The Kier molecular flexibility index (Phi) is 5.52. The van der Waals surface area contributed by atoms with E-state index in [-0.39, 0.29) is 11.9 Å². The van der Waals surface area contributed by atoms with E-state index in [1.807, 2.05) is 72.5 Å². The number of hydrogen-bond acceptors (Lipinski definition) is 4. The molecule has 0 aliphatic carbocycles. The highest BCUT2D eigenvalue weighted by molar-refractivity contribution is 6.02. The first-order chi connectivity index (χ1) is 18.0. The van der Waals surface area contributed by atoms with Gasteiger partial charge in [0.2, 0.25) is 0 Å². The second kappa shape index (κ2) is 8.89. The average molecular weight is 493 g/mol. The molecule has 186 valence electrons. The number of methoxy groups -OCH3 is 2. The van der Waals surface area contributed by atoms with E-state index in [4.69, 9.17) is 13.9 Å². The smallest absolute Gasteiger partial charge is 0.255 e. The second-order valence-corrected chi connectivity index (χ2v) is 9.34. The van der Waals surface area contributed by atoms with E-state index in [1.54, 1.807) is 14.2 Å². The fourth-order valence-electron chi connectivity index (χ4n) is 5.61. The Morgan fingerprint density at radius 1 is 0.892 bits per heavy atom. The van der Waals surface area contributed by atoms with Crippen LogP contribution < -0.4 is 9.47 Å². The molecule has 3 heterocycles. The molecule has 6 rings (SSSR count). The summed E-state index contributed by atoms with van der Waals surface area (Å²) < 4.78 is 19.5. The molecule has 0 saturated carbocycles. The van der Waals surface area contributed by atoms with Crippen LogP contribution in [0.2, 0.25) is 0 Å². The number of aromatic nitrogens is 1. The van der Waals surface area contributed by atoms with Crippen molar-refractivity contribution in [2.75, 3.05) is 14.2 Å². The molecule has 5 aromatic rings. The summed E-state index contributed by atoms with van der Waals surface area (Å²) in [6.45, 7) is 2.28. The zero-order chi connectivity index (χ0) is 25.7. The molecule has 1 unspecified atom stereocenters. The van der Waals surface area contributed by atoms with E-state index in [1.165, 1.54) is 0 Å². The SMILES string of the molecule is COc1ccc(OC)c(-c2c(C3c4ccccc4C(=O)N3Cc3ccc(C)o3)c3ccccc3n2C)c1. The van der Waals surface area contributed by atoms with Gasteiger partial charge in [-0.05, 0) is 55.0 Å². The van der Waals surface area contributed by atoms with Gasteiger partial charge in [0.1, 0.15) is 23.0 Å². The normalized spacial score (nSPS) is 14.9. The number of aryl methyl sites for hydroxylation is 2. The first-order valence-corrected chi connectivity index (χ1v) is 12.3. The monoisotopic (exact) mass is 492 g/mol. The molecule has 0 N–H and O–H groups in total. The van der Waals surface area contributed by atoms with Crippen LogP contribution in [0.4, 0.5) is 0 Å². The lowest BCUT2D eigenvalue weighted by Crippen LogP contribution is -2.28. The van der Waals surface area contributed by atoms with Crippen LogP contribution in [0.25, 0.3) is 22.2 Å². The molecule has 0 fully saturated rings. The summed E-state index contributed by atoms with van der Waals surface area (Å²) >= 11 is 0. The Balaban J connectivity index is 1.66. The number of hydrogen-bond donors (Lipinski definition) is 0. The van der Waals surface area contributed by atoms with E-state index in [9.17, 15) is 4.79 Å². The van der Waals surface area contributed by atoms with Crippen molar-refractivity contribution in [2.45, 2.75) is 19.5 Å². The van der Waals surface area contributed by atoms with Crippen molar-refractivity contribution in [1.29, 1.82) is 0 Å². The van der Waals surface area contributed by atoms with Gasteiger partial charge in [0.25, 0.3) is 5.91 Å². The second-order valence-electron chi connectivity index (χ2n) is 9.34. The quantitative estimate of drug-likeness (QED) is 0.271. The average Bonchev–Trinajstić information content (AvgIpc) is 3.56. The fourth-order valence-corrected chi connectivity index (χ4v) is 5.61. The maximum absolute atomic E-state index is 13.8. The lowest BCUT2D eigenvalue weighted by Gasteiger charge is -2.26. The van der Waals surface area contributed by atoms with Gasteiger partial charge in [0.05, 0.1) is 32.5 Å².